The van der Waals surface area contributed by atoms with Crippen LogP contribution in [0.15, 0.2) is 24.4 Å². The average Bonchev–Trinajstić information content (AvgIpc) is 2.49. The van der Waals surface area contributed by atoms with Crippen LogP contribution < -0.4 is 4.90 Å². The van der Waals surface area contributed by atoms with Gasteiger partial charge in [-0.15, -0.1) is 0 Å². The number of carbonyl (C=O) groups is 1. The molecule has 104 valence electrons. The Balaban J connectivity index is 1.91. The molecule has 1 aliphatic heterocycles. The zero-order valence-corrected chi connectivity index (χ0v) is 11.9. The number of rotatable bonds is 4. The van der Waals surface area contributed by atoms with E-state index in [-0.39, 0.29) is 5.92 Å². The second-order valence-electron chi connectivity index (χ2n) is 5.01. The van der Waals surface area contributed by atoms with Crippen molar-refractivity contribution in [2.75, 3.05) is 31.1 Å². The first-order chi connectivity index (χ1) is 9.26. The van der Waals surface area contributed by atoms with E-state index in [9.17, 15) is 4.79 Å². The number of amides is 1. The lowest BCUT2D eigenvalue weighted by Crippen LogP contribution is -2.50. The third-order valence-electron chi connectivity index (χ3n) is 3.90. The van der Waals surface area contributed by atoms with E-state index in [2.05, 4.69) is 23.7 Å². The van der Waals surface area contributed by atoms with Crippen LogP contribution in [-0.2, 0) is 4.79 Å². The summed E-state index contributed by atoms with van der Waals surface area (Å²) in [6.45, 7) is 7.57. The van der Waals surface area contributed by atoms with Gasteiger partial charge in [0.1, 0.15) is 5.82 Å². The monoisotopic (exact) mass is 261 g/mol. The summed E-state index contributed by atoms with van der Waals surface area (Å²) in [4.78, 5) is 20.9. The largest absolute Gasteiger partial charge is 0.353 e. The highest BCUT2D eigenvalue weighted by Crippen LogP contribution is 2.16. The highest BCUT2D eigenvalue weighted by atomic mass is 16.2. The number of anilines is 1. The summed E-state index contributed by atoms with van der Waals surface area (Å²) in [7, 11) is 0. The third kappa shape index (κ3) is 3.25. The average molecular weight is 261 g/mol. The smallest absolute Gasteiger partial charge is 0.225 e. The molecule has 1 aliphatic rings. The van der Waals surface area contributed by atoms with Crippen LogP contribution in [0.3, 0.4) is 0 Å². The SMILES string of the molecule is CCC(CC)C(=O)N1CCN(c2ccccn2)CC1. The Kier molecular flexibility index (Phi) is 4.77. The van der Waals surface area contributed by atoms with E-state index in [1.807, 2.05) is 29.3 Å². The minimum absolute atomic E-state index is 0.196. The Bertz CT molecular complexity index is 395. The van der Waals surface area contributed by atoms with Gasteiger partial charge in [-0.05, 0) is 25.0 Å². The lowest BCUT2D eigenvalue weighted by Gasteiger charge is -2.36. The number of carbonyl (C=O) groups excluding carboxylic acids is 1. The standard InChI is InChI=1S/C15H23N3O/c1-3-13(4-2)15(19)18-11-9-17(10-12-18)14-7-5-6-8-16-14/h5-8,13H,3-4,9-12H2,1-2H3. The first-order valence-corrected chi connectivity index (χ1v) is 7.21. The molecule has 0 unspecified atom stereocenters. The van der Waals surface area contributed by atoms with Crippen molar-refractivity contribution in [3.8, 4) is 0 Å². The van der Waals surface area contributed by atoms with E-state index in [0.29, 0.717) is 5.91 Å². The fourth-order valence-corrected chi connectivity index (χ4v) is 2.59. The van der Waals surface area contributed by atoms with Gasteiger partial charge < -0.3 is 9.80 Å². The highest BCUT2D eigenvalue weighted by molar-refractivity contribution is 5.79. The second-order valence-corrected chi connectivity index (χ2v) is 5.01. The number of hydrogen-bond acceptors (Lipinski definition) is 3. The Morgan fingerprint density at radius 2 is 1.89 bits per heavy atom. The number of aromatic nitrogens is 1. The van der Waals surface area contributed by atoms with Crippen LogP contribution in [0.1, 0.15) is 26.7 Å². The molecule has 0 atom stereocenters. The first kappa shape index (κ1) is 13.8. The molecule has 0 spiro atoms. The van der Waals surface area contributed by atoms with Gasteiger partial charge in [-0.1, -0.05) is 19.9 Å². The van der Waals surface area contributed by atoms with Crippen molar-refractivity contribution in [2.24, 2.45) is 5.92 Å². The summed E-state index contributed by atoms with van der Waals surface area (Å²) in [5.74, 6) is 1.53. The Morgan fingerprint density at radius 3 is 2.42 bits per heavy atom. The number of pyridine rings is 1. The molecule has 0 aromatic carbocycles. The molecule has 1 aromatic rings. The number of piperazine rings is 1. The van der Waals surface area contributed by atoms with Crippen molar-refractivity contribution in [2.45, 2.75) is 26.7 Å². The van der Waals surface area contributed by atoms with Crippen LogP contribution in [0, 0.1) is 5.92 Å². The maximum Gasteiger partial charge on any atom is 0.225 e. The summed E-state index contributed by atoms with van der Waals surface area (Å²) >= 11 is 0. The normalized spacial score (nSPS) is 15.9. The summed E-state index contributed by atoms with van der Waals surface area (Å²) in [5.41, 5.74) is 0. The molecule has 0 bridgehead atoms. The van der Waals surface area contributed by atoms with Gasteiger partial charge in [-0.2, -0.15) is 0 Å². The van der Waals surface area contributed by atoms with Crippen LogP contribution in [0.4, 0.5) is 5.82 Å². The maximum absolute atomic E-state index is 12.3. The van der Waals surface area contributed by atoms with Gasteiger partial charge in [-0.3, -0.25) is 4.79 Å². The molecule has 1 saturated heterocycles. The van der Waals surface area contributed by atoms with Crippen molar-refractivity contribution < 1.29 is 4.79 Å². The summed E-state index contributed by atoms with van der Waals surface area (Å²) in [5, 5.41) is 0. The van der Waals surface area contributed by atoms with E-state index in [1.165, 1.54) is 0 Å². The van der Waals surface area contributed by atoms with Crippen LogP contribution in [0.25, 0.3) is 0 Å². The fourth-order valence-electron chi connectivity index (χ4n) is 2.59. The van der Waals surface area contributed by atoms with Gasteiger partial charge in [0.05, 0.1) is 0 Å². The second kappa shape index (κ2) is 6.55. The molecule has 2 heterocycles. The van der Waals surface area contributed by atoms with Gasteiger partial charge in [0, 0.05) is 38.3 Å². The Labute approximate surface area is 115 Å². The molecule has 1 aromatic heterocycles. The molecule has 4 heteroatoms. The van der Waals surface area contributed by atoms with Gasteiger partial charge in [-0.25, -0.2) is 4.98 Å². The minimum atomic E-state index is 0.196. The van der Waals surface area contributed by atoms with Gasteiger partial charge in [0.2, 0.25) is 5.91 Å². The summed E-state index contributed by atoms with van der Waals surface area (Å²) in [6, 6.07) is 5.96. The number of hydrogen-bond donors (Lipinski definition) is 0. The zero-order chi connectivity index (χ0) is 13.7. The van der Waals surface area contributed by atoms with Crippen LogP contribution in [0.2, 0.25) is 0 Å². The van der Waals surface area contributed by atoms with Crippen LogP contribution in [-0.4, -0.2) is 42.0 Å². The van der Waals surface area contributed by atoms with Crippen molar-refractivity contribution in [3.63, 3.8) is 0 Å². The van der Waals surface area contributed by atoms with Gasteiger partial charge in [0.25, 0.3) is 0 Å². The molecular weight excluding hydrogens is 238 g/mol. The topological polar surface area (TPSA) is 36.4 Å². The maximum atomic E-state index is 12.3. The van der Waals surface area contributed by atoms with Crippen molar-refractivity contribution in [1.82, 2.24) is 9.88 Å². The molecule has 2 rings (SSSR count). The predicted molar refractivity (Wildman–Crippen MR) is 77.1 cm³/mol. The van der Waals surface area contributed by atoms with Crippen LogP contribution in [0.5, 0.6) is 0 Å². The van der Waals surface area contributed by atoms with E-state index in [1.54, 1.807) is 0 Å². The molecule has 0 N–H and O–H groups in total. The molecule has 4 nitrogen and oxygen atoms in total. The van der Waals surface area contributed by atoms with Crippen molar-refractivity contribution in [3.05, 3.63) is 24.4 Å². The third-order valence-corrected chi connectivity index (χ3v) is 3.90. The Hall–Kier alpha value is -1.58. The lowest BCUT2D eigenvalue weighted by atomic mass is 10.0. The fraction of sp³-hybridized carbons (Fsp3) is 0.600. The van der Waals surface area contributed by atoms with Crippen molar-refractivity contribution in [1.29, 1.82) is 0 Å². The lowest BCUT2D eigenvalue weighted by molar-refractivity contribution is -0.136. The van der Waals surface area contributed by atoms with E-state index in [0.717, 1.165) is 44.8 Å². The molecule has 19 heavy (non-hydrogen) atoms. The van der Waals surface area contributed by atoms with Gasteiger partial charge in [0.15, 0.2) is 0 Å². The predicted octanol–water partition coefficient (Wildman–Crippen LogP) is 2.17. The van der Waals surface area contributed by atoms with E-state index >= 15 is 0 Å². The molecule has 0 aliphatic carbocycles. The van der Waals surface area contributed by atoms with Crippen molar-refractivity contribution >= 4 is 11.7 Å². The minimum Gasteiger partial charge on any atom is -0.353 e. The summed E-state index contributed by atoms with van der Waals surface area (Å²) in [6.07, 6.45) is 3.70. The molecule has 0 radical (unpaired) electrons. The first-order valence-electron chi connectivity index (χ1n) is 7.21. The molecular formula is C15H23N3O. The number of nitrogens with zero attached hydrogens (tertiary/aromatic N) is 3. The molecule has 1 amide bonds. The van der Waals surface area contributed by atoms with E-state index in [4.69, 9.17) is 0 Å². The molecule has 0 saturated carbocycles. The Morgan fingerprint density at radius 1 is 1.21 bits per heavy atom. The zero-order valence-electron chi connectivity index (χ0n) is 11.9. The van der Waals surface area contributed by atoms with E-state index < -0.39 is 0 Å². The highest BCUT2D eigenvalue weighted by Gasteiger charge is 2.25. The molecule has 1 fully saturated rings. The quantitative estimate of drug-likeness (QED) is 0.833. The van der Waals surface area contributed by atoms with Gasteiger partial charge >= 0.3 is 0 Å². The summed E-state index contributed by atoms with van der Waals surface area (Å²) < 4.78 is 0. The van der Waals surface area contributed by atoms with Crippen LogP contribution >= 0.6 is 0 Å².